The Balaban J connectivity index is 2.50. The van der Waals surface area contributed by atoms with Crippen molar-refractivity contribution in [3.05, 3.63) is 41.4 Å². The van der Waals surface area contributed by atoms with Crippen molar-refractivity contribution in [2.24, 2.45) is 0 Å². The molecule has 0 aliphatic rings. The van der Waals surface area contributed by atoms with Gasteiger partial charge in [0.15, 0.2) is 8.32 Å². The third kappa shape index (κ3) is 4.79. The maximum atomic E-state index is 6.16. The zero-order valence-electron chi connectivity index (χ0n) is 12.7. The molecule has 0 aliphatic carbocycles. The molecule has 0 radical (unpaired) electrons. The van der Waals surface area contributed by atoms with E-state index in [1.54, 1.807) is 0 Å². The Kier molecular flexibility index (Phi) is 5.42. The normalized spacial score (nSPS) is 12.5. The monoisotopic (exact) mass is 296 g/mol. The predicted molar refractivity (Wildman–Crippen MR) is 88.3 cm³/mol. The number of rotatable bonds is 5. The van der Waals surface area contributed by atoms with Crippen molar-refractivity contribution < 1.29 is 4.43 Å². The van der Waals surface area contributed by atoms with E-state index in [4.69, 9.17) is 16.0 Å². The summed E-state index contributed by atoms with van der Waals surface area (Å²) in [6.45, 7) is 16.2. The largest absolute Gasteiger partial charge is 0.416 e. The summed E-state index contributed by atoms with van der Waals surface area (Å²) in [5, 5.41) is 1.02. The molecule has 0 saturated heterocycles. The van der Waals surface area contributed by atoms with E-state index in [1.807, 2.05) is 24.3 Å². The summed E-state index contributed by atoms with van der Waals surface area (Å²) >= 11 is 5.88. The molecule has 0 aromatic heterocycles. The van der Waals surface area contributed by atoms with Crippen LogP contribution < -0.4 is 0 Å². The predicted octanol–water partition coefficient (Wildman–Crippen LogP) is 5.77. The van der Waals surface area contributed by atoms with E-state index in [0.717, 1.165) is 29.2 Å². The van der Waals surface area contributed by atoms with E-state index >= 15 is 0 Å². The first-order valence-corrected chi connectivity index (χ1v) is 10.00. The Morgan fingerprint density at radius 2 is 1.74 bits per heavy atom. The van der Waals surface area contributed by atoms with Gasteiger partial charge in [0.2, 0.25) is 0 Å². The fourth-order valence-electron chi connectivity index (χ4n) is 1.48. The molecule has 1 rings (SSSR count). The van der Waals surface area contributed by atoms with Crippen molar-refractivity contribution in [2.75, 3.05) is 6.61 Å². The van der Waals surface area contributed by atoms with E-state index in [-0.39, 0.29) is 5.04 Å². The van der Waals surface area contributed by atoms with Crippen LogP contribution in [0.5, 0.6) is 0 Å². The maximum Gasteiger partial charge on any atom is 0.191 e. The fourth-order valence-corrected chi connectivity index (χ4v) is 2.65. The molecule has 106 valence electrons. The first kappa shape index (κ1) is 16.5. The van der Waals surface area contributed by atoms with Crippen LogP contribution in [0.15, 0.2) is 30.8 Å². The Bertz CT molecular complexity index is 429. The van der Waals surface area contributed by atoms with Crippen LogP contribution in [-0.2, 0) is 4.43 Å². The first-order valence-electron chi connectivity index (χ1n) is 6.71. The second-order valence-electron chi connectivity index (χ2n) is 6.47. The number of benzene rings is 1. The van der Waals surface area contributed by atoms with E-state index in [9.17, 15) is 0 Å². The van der Waals surface area contributed by atoms with Crippen LogP contribution in [-0.4, -0.2) is 14.9 Å². The van der Waals surface area contributed by atoms with Crippen LogP contribution in [0.2, 0.25) is 23.2 Å². The topological polar surface area (TPSA) is 9.23 Å². The van der Waals surface area contributed by atoms with Gasteiger partial charge in [-0.05, 0) is 47.8 Å². The van der Waals surface area contributed by atoms with Gasteiger partial charge in [-0.2, -0.15) is 0 Å². The molecule has 0 N–H and O–H groups in total. The smallest absolute Gasteiger partial charge is 0.191 e. The molecule has 0 atom stereocenters. The van der Waals surface area contributed by atoms with Crippen molar-refractivity contribution in [1.29, 1.82) is 0 Å². The summed E-state index contributed by atoms with van der Waals surface area (Å²) in [4.78, 5) is 0. The molecule has 3 heteroatoms. The van der Waals surface area contributed by atoms with Crippen LogP contribution in [0, 0.1) is 0 Å². The highest BCUT2D eigenvalue weighted by Crippen LogP contribution is 2.36. The van der Waals surface area contributed by atoms with Crippen LogP contribution >= 0.6 is 11.6 Å². The van der Waals surface area contributed by atoms with Gasteiger partial charge in [0, 0.05) is 11.6 Å². The lowest BCUT2D eigenvalue weighted by Gasteiger charge is -2.36. The molecule has 1 nitrogen and oxygen atoms in total. The van der Waals surface area contributed by atoms with Gasteiger partial charge in [-0.3, -0.25) is 0 Å². The molecule has 0 bridgehead atoms. The number of hydrogen-bond donors (Lipinski definition) is 0. The van der Waals surface area contributed by atoms with Crippen molar-refractivity contribution >= 4 is 25.5 Å². The average Bonchev–Trinajstić information content (AvgIpc) is 2.28. The average molecular weight is 297 g/mol. The first-order chi connectivity index (χ1) is 8.63. The van der Waals surface area contributed by atoms with Gasteiger partial charge in [0.1, 0.15) is 0 Å². The minimum Gasteiger partial charge on any atom is -0.416 e. The summed E-state index contributed by atoms with van der Waals surface area (Å²) in [5.41, 5.74) is 2.25. The highest BCUT2D eigenvalue weighted by atomic mass is 35.5. The number of hydrogen-bond acceptors (Lipinski definition) is 1. The van der Waals surface area contributed by atoms with Crippen molar-refractivity contribution in [3.8, 4) is 0 Å². The van der Waals surface area contributed by atoms with Crippen molar-refractivity contribution in [2.45, 2.75) is 45.3 Å². The highest BCUT2D eigenvalue weighted by molar-refractivity contribution is 6.74. The zero-order chi connectivity index (χ0) is 14.7. The third-order valence-corrected chi connectivity index (χ3v) is 8.72. The molecular weight excluding hydrogens is 272 g/mol. The van der Waals surface area contributed by atoms with Crippen LogP contribution in [0.4, 0.5) is 0 Å². The zero-order valence-corrected chi connectivity index (χ0v) is 14.5. The summed E-state index contributed by atoms with van der Waals surface area (Å²) in [6.07, 6.45) is 0.869. The van der Waals surface area contributed by atoms with Crippen LogP contribution in [0.1, 0.15) is 32.8 Å². The molecule has 0 amide bonds. The van der Waals surface area contributed by atoms with Gasteiger partial charge >= 0.3 is 0 Å². The molecule has 1 aromatic carbocycles. The van der Waals surface area contributed by atoms with E-state index in [1.165, 1.54) is 0 Å². The number of halogens is 1. The molecule has 0 fully saturated rings. The summed E-state index contributed by atoms with van der Waals surface area (Å²) < 4.78 is 6.16. The van der Waals surface area contributed by atoms with E-state index in [0.29, 0.717) is 0 Å². The summed E-state index contributed by atoms with van der Waals surface area (Å²) in [6, 6.07) is 7.82. The standard InChI is InChI=1S/C16H25ClOSi/c1-13(14-7-9-15(17)10-8-14)11-12-18-19(5,6)16(2,3)4/h7-10H,1,11-12H2,2-6H3. The third-order valence-electron chi connectivity index (χ3n) is 3.93. The Labute approximate surface area is 123 Å². The SMILES string of the molecule is C=C(CCO[Si](C)(C)C(C)(C)C)c1ccc(Cl)cc1. The lowest BCUT2D eigenvalue weighted by Crippen LogP contribution is -2.40. The molecule has 0 spiro atoms. The minimum atomic E-state index is -1.64. The van der Waals surface area contributed by atoms with Crippen LogP contribution in [0.3, 0.4) is 0 Å². The van der Waals surface area contributed by atoms with Crippen molar-refractivity contribution in [1.82, 2.24) is 0 Å². The van der Waals surface area contributed by atoms with Gasteiger partial charge in [0.25, 0.3) is 0 Å². The Morgan fingerprint density at radius 3 is 2.21 bits per heavy atom. The van der Waals surface area contributed by atoms with Crippen molar-refractivity contribution in [3.63, 3.8) is 0 Å². The molecule has 19 heavy (non-hydrogen) atoms. The van der Waals surface area contributed by atoms with Gasteiger partial charge in [-0.25, -0.2) is 0 Å². The second kappa shape index (κ2) is 6.25. The summed E-state index contributed by atoms with van der Waals surface area (Å²) in [7, 11) is -1.64. The molecule has 0 saturated carbocycles. The Hall–Kier alpha value is -0.573. The van der Waals surface area contributed by atoms with Gasteiger partial charge in [-0.15, -0.1) is 0 Å². The maximum absolute atomic E-state index is 6.16. The van der Waals surface area contributed by atoms with Gasteiger partial charge in [0.05, 0.1) is 0 Å². The molecular formula is C16H25ClOSi. The van der Waals surface area contributed by atoms with E-state index in [2.05, 4.69) is 40.4 Å². The fraction of sp³-hybridized carbons (Fsp3) is 0.500. The van der Waals surface area contributed by atoms with Gasteiger partial charge in [-0.1, -0.05) is 51.1 Å². The molecule has 1 aromatic rings. The quantitative estimate of drug-likeness (QED) is 0.627. The highest BCUT2D eigenvalue weighted by Gasteiger charge is 2.36. The molecule has 0 heterocycles. The van der Waals surface area contributed by atoms with Gasteiger partial charge < -0.3 is 4.43 Å². The van der Waals surface area contributed by atoms with E-state index < -0.39 is 8.32 Å². The lowest BCUT2D eigenvalue weighted by molar-refractivity contribution is 0.296. The molecule has 0 unspecified atom stereocenters. The van der Waals surface area contributed by atoms with Crippen LogP contribution in [0.25, 0.3) is 5.57 Å². The minimum absolute atomic E-state index is 0.259. The molecule has 0 aliphatic heterocycles. The Morgan fingerprint density at radius 1 is 1.21 bits per heavy atom. The summed E-state index contributed by atoms with van der Waals surface area (Å²) in [5.74, 6) is 0. The lowest BCUT2D eigenvalue weighted by atomic mass is 10.1. The second-order valence-corrected chi connectivity index (χ2v) is 11.7.